The van der Waals surface area contributed by atoms with Gasteiger partial charge in [0.15, 0.2) is 0 Å². The van der Waals surface area contributed by atoms with Crippen molar-refractivity contribution in [3.63, 3.8) is 0 Å². The second-order valence-corrected chi connectivity index (χ2v) is 7.13. The van der Waals surface area contributed by atoms with Crippen LogP contribution in [-0.4, -0.2) is 47.3 Å². The molecule has 1 aliphatic rings. The molecule has 152 valence electrons. The number of hydrogen-bond donors (Lipinski definition) is 2. The van der Waals surface area contributed by atoms with Crippen molar-refractivity contribution < 1.29 is 14.5 Å². The lowest BCUT2D eigenvalue weighted by Crippen LogP contribution is -2.46. The average Bonchev–Trinajstić information content (AvgIpc) is 2.75. The predicted molar refractivity (Wildman–Crippen MR) is 108 cm³/mol. The Morgan fingerprint density at radius 3 is 2.66 bits per heavy atom. The van der Waals surface area contributed by atoms with Gasteiger partial charge in [-0.3, -0.25) is 24.6 Å². The summed E-state index contributed by atoms with van der Waals surface area (Å²) in [5.41, 5.74) is 2.68. The van der Waals surface area contributed by atoms with Gasteiger partial charge in [0.25, 0.3) is 11.6 Å². The van der Waals surface area contributed by atoms with Gasteiger partial charge in [-0.2, -0.15) is 0 Å². The van der Waals surface area contributed by atoms with Crippen LogP contribution in [0.2, 0.25) is 0 Å². The SMILES string of the molecule is CC(CNC(=O)CNC(=O)c1cccc([N+](=O)[O-])c1)N1CCc2ccccc2C1. The number of carbonyl (C=O) groups excluding carboxylic acids is 2. The molecule has 0 aromatic heterocycles. The molecule has 1 atom stereocenters. The molecule has 29 heavy (non-hydrogen) atoms. The van der Waals surface area contributed by atoms with E-state index in [-0.39, 0.29) is 29.7 Å². The largest absolute Gasteiger partial charge is 0.353 e. The number of rotatable bonds is 7. The van der Waals surface area contributed by atoms with Crippen LogP contribution in [0.5, 0.6) is 0 Å². The van der Waals surface area contributed by atoms with Crippen LogP contribution in [0.4, 0.5) is 5.69 Å². The number of benzene rings is 2. The van der Waals surface area contributed by atoms with Crippen molar-refractivity contribution in [1.29, 1.82) is 0 Å². The molecule has 0 aliphatic carbocycles. The van der Waals surface area contributed by atoms with E-state index in [1.54, 1.807) is 0 Å². The van der Waals surface area contributed by atoms with Crippen LogP contribution in [0, 0.1) is 10.1 Å². The van der Waals surface area contributed by atoms with Gasteiger partial charge in [0.05, 0.1) is 11.5 Å². The molecule has 8 heteroatoms. The Kier molecular flexibility index (Phi) is 6.56. The standard InChI is InChI=1S/C21H24N4O4/c1-15(24-10-9-16-5-2-3-6-18(16)14-24)12-22-20(26)13-23-21(27)17-7-4-8-19(11-17)25(28)29/h2-8,11,15H,9-10,12-14H2,1H3,(H,22,26)(H,23,27). The molecule has 8 nitrogen and oxygen atoms in total. The molecule has 3 rings (SSSR count). The van der Waals surface area contributed by atoms with E-state index in [4.69, 9.17) is 0 Å². The Balaban J connectivity index is 1.43. The normalized spacial score (nSPS) is 14.5. The van der Waals surface area contributed by atoms with E-state index in [1.165, 1.54) is 35.4 Å². The van der Waals surface area contributed by atoms with E-state index in [9.17, 15) is 19.7 Å². The Morgan fingerprint density at radius 1 is 1.14 bits per heavy atom. The van der Waals surface area contributed by atoms with Crippen LogP contribution in [0.25, 0.3) is 0 Å². The van der Waals surface area contributed by atoms with Gasteiger partial charge in [-0.25, -0.2) is 0 Å². The molecule has 2 N–H and O–H groups in total. The molecule has 1 aliphatic heterocycles. The third kappa shape index (κ3) is 5.39. The van der Waals surface area contributed by atoms with Crippen LogP contribution in [0.1, 0.15) is 28.4 Å². The minimum atomic E-state index is -0.566. The van der Waals surface area contributed by atoms with Gasteiger partial charge in [-0.1, -0.05) is 30.3 Å². The van der Waals surface area contributed by atoms with E-state index in [0.717, 1.165) is 19.5 Å². The quantitative estimate of drug-likeness (QED) is 0.549. The number of nitro groups is 1. The van der Waals surface area contributed by atoms with Gasteiger partial charge >= 0.3 is 0 Å². The van der Waals surface area contributed by atoms with Crippen molar-refractivity contribution in [3.05, 3.63) is 75.3 Å². The van der Waals surface area contributed by atoms with Gasteiger partial charge in [-0.05, 0) is 30.5 Å². The Hall–Kier alpha value is -3.26. The first kappa shape index (κ1) is 20.5. The highest BCUT2D eigenvalue weighted by Gasteiger charge is 2.20. The van der Waals surface area contributed by atoms with Crippen LogP contribution < -0.4 is 10.6 Å². The first-order valence-corrected chi connectivity index (χ1v) is 9.54. The molecule has 1 unspecified atom stereocenters. The summed E-state index contributed by atoms with van der Waals surface area (Å²) in [6.45, 7) is 4.16. The van der Waals surface area contributed by atoms with E-state index in [2.05, 4.69) is 40.7 Å². The van der Waals surface area contributed by atoms with Crippen LogP contribution in [-0.2, 0) is 17.8 Å². The first-order chi connectivity index (χ1) is 13.9. The van der Waals surface area contributed by atoms with Gasteiger partial charge in [-0.15, -0.1) is 0 Å². The number of fused-ring (bicyclic) bond motifs is 1. The highest BCUT2D eigenvalue weighted by molar-refractivity contribution is 5.96. The van der Waals surface area contributed by atoms with Crippen molar-refractivity contribution in [1.82, 2.24) is 15.5 Å². The molecule has 0 saturated heterocycles. The minimum absolute atomic E-state index is 0.146. The lowest BCUT2D eigenvalue weighted by atomic mass is 9.99. The van der Waals surface area contributed by atoms with Crippen LogP contribution >= 0.6 is 0 Å². The summed E-state index contributed by atoms with van der Waals surface area (Å²) in [5, 5.41) is 16.1. The Morgan fingerprint density at radius 2 is 1.90 bits per heavy atom. The molecule has 1 heterocycles. The van der Waals surface area contributed by atoms with E-state index in [0.29, 0.717) is 6.54 Å². The minimum Gasteiger partial charge on any atom is -0.353 e. The second kappa shape index (κ2) is 9.29. The molecule has 0 radical (unpaired) electrons. The molecule has 0 saturated carbocycles. The molecular weight excluding hydrogens is 372 g/mol. The number of nitrogens with zero attached hydrogens (tertiary/aromatic N) is 2. The highest BCUT2D eigenvalue weighted by Crippen LogP contribution is 2.20. The molecular formula is C21H24N4O4. The maximum absolute atomic E-state index is 12.1. The van der Waals surface area contributed by atoms with Crippen LogP contribution in [0.15, 0.2) is 48.5 Å². The fraction of sp³-hybridized carbons (Fsp3) is 0.333. The lowest BCUT2D eigenvalue weighted by molar-refractivity contribution is -0.384. The monoisotopic (exact) mass is 396 g/mol. The number of nitro benzene ring substituents is 1. The number of carbonyl (C=O) groups is 2. The lowest BCUT2D eigenvalue weighted by Gasteiger charge is -2.33. The second-order valence-electron chi connectivity index (χ2n) is 7.13. The number of non-ortho nitro benzene ring substituents is 1. The van der Waals surface area contributed by atoms with Gasteiger partial charge in [0.2, 0.25) is 5.91 Å². The number of amides is 2. The Labute approximate surface area is 169 Å². The molecule has 2 aromatic carbocycles. The van der Waals surface area contributed by atoms with Crippen LogP contribution in [0.3, 0.4) is 0 Å². The molecule has 2 amide bonds. The van der Waals surface area contributed by atoms with E-state index in [1.807, 2.05) is 6.07 Å². The van der Waals surface area contributed by atoms with E-state index < -0.39 is 10.8 Å². The molecule has 0 bridgehead atoms. The van der Waals surface area contributed by atoms with Crippen molar-refractivity contribution in [2.24, 2.45) is 0 Å². The van der Waals surface area contributed by atoms with Crippen molar-refractivity contribution >= 4 is 17.5 Å². The maximum atomic E-state index is 12.1. The summed E-state index contributed by atoms with van der Waals surface area (Å²) in [5.74, 6) is -0.822. The smallest absolute Gasteiger partial charge is 0.270 e. The first-order valence-electron chi connectivity index (χ1n) is 9.54. The third-order valence-corrected chi connectivity index (χ3v) is 5.11. The number of hydrogen-bond acceptors (Lipinski definition) is 5. The Bertz CT molecular complexity index is 915. The third-order valence-electron chi connectivity index (χ3n) is 5.11. The van der Waals surface area contributed by atoms with Crippen molar-refractivity contribution in [2.45, 2.75) is 25.9 Å². The van der Waals surface area contributed by atoms with Gasteiger partial charge < -0.3 is 10.6 Å². The summed E-state index contributed by atoms with van der Waals surface area (Å²) in [4.78, 5) is 36.7. The number of nitrogens with one attached hydrogen (secondary N) is 2. The topological polar surface area (TPSA) is 105 Å². The molecule has 0 fully saturated rings. The zero-order chi connectivity index (χ0) is 20.8. The van der Waals surface area contributed by atoms with E-state index >= 15 is 0 Å². The van der Waals surface area contributed by atoms with Gasteiger partial charge in [0.1, 0.15) is 0 Å². The fourth-order valence-corrected chi connectivity index (χ4v) is 3.37. The summed E-state index contributed by atoms with van der Waals surface area (Å²) < 4.78 is 0. The van der Waals surface area contributed by atoms with Gasteiger partial charge in [0, 0.05) is 43.4 Å². The summed E-state index contributed by atoms with van der Waals surface area (Å²) in [6.07, 6.45) is 0.994. The maximum Gasteiger partial charge on any atom is 0.270 e. The van der Waals surface area contributed by atoms with Crippen molar-refractivity contribution in [2.75, 3.05) is 19.6 Å². The van der Waals surface area contributed by atoms with Crippen molar-refractivity contribution in [3.8, 4) is 0 Å². The average molecular weight is 396 g/mol. The summed E-state index contributed by atoms with van der Waals surface area (Å²) in [6, 6.07) is 14.0. The predicted octanol–water partition coefficient (Wildman–Crippen LogP) is 1.89. The molecule has 0 spiro atoms. The highest BCUT2D eigenvalue weighted by atomic mass is 16.6. The fourth-order valence-electron chi connectivity index (χ4n) is 3.37. The summed E-state index contributed by atoms with van der Waals surface area (Å²) >= 11 is 0. The molecule has 2 aromatic rings. The zero-order valence-corrected chi connectivity index (χ0v) is 16.3. The summed E-state index contributed by atoms with van der Waals surface area (Å²) in [7, 11) is 0. The zero-order valence-electron chi connectivity index (χ0n) is 16.3.